The molecule has 3 N–H and O–H groups in total. The molecule has 5 nitrogen and oxygen atoms in total. The lowest BCUT2D eigenvalue weighted by Crippen LogP contribution is -2.44. The maximum absolute atomic E-state index is 11.6. The van der Waals surface area contributed by atoms with Gasteiger partial charge in [0.15, 0.2) is 0 Å². The van der Waals surface area contributed by atoms with E-state index in [0.29, 0.717) is 18.7 Å². The summed E-state index contributed by atoms with van der Waals surface area (Å²) >= 11 is 3.97. The highest BCUT2D eigenvalue weighted by molar-refractivity contribution is 7.80. The molecule has 106 valence electrons. The fourth-order valence-electron chi connectivity index (χ4n) is 1.23. The van der Waals surface area contributed by atoms with Crippen molar-refractivity contribution in [3.63, 3.8) is 0 Å². The molecule has 0 aliphatic carbocycles. The summed E-state index contributed by atoms with van der Waals surface area (Å²) in [5, 5.41) is 15.0. The van der Waals surface area contributed by atoms with Gasteiger partial charge < -0.3 is 15.7 Å². The van der Waals surface area contributed by atoms with Crippen LogP contribution in [0.1, 0.15) is 33.6 Å². The minimum atomic E-state index is -1.05. The molecule has 1 atom stereocenters. The zero-order valence-corrected chi connectivity index (χ0v) is 12.2. The average Bonchev–Trinajstić information content (AvgIpc) is 2.35. The first kappa shape index (κ1) is 17.2. The van der Waals surface area contributed by atoms with Crippen LogP contribution in [0.5, 0.6) is 0 Å². The van der Waals surface area contributed by atoms with Crippen LogP contribution < -0.4 is 10.6 Å². The molecule has 0 radical (unpaired) electrons. The smallest absolute Gasteiger partial charge is 0.249 e. The van der Waals surface area contributed by atoms with Crippen molar-refractivity contribution in [2.45, 2.75) is 39.7 Å². The van der Waals surface area contributed by atoms with E-state index < -0.39 is 17.4 Å². The van der Waals surface area contributed by atoms with Crippen LogP contribution in [-0.4, -0.2) is 41.9 Å². The molecule has 0 aromatic carbocycles. The lowest BCUT2D eigenvalue weighted by Gasteiger charge is -2.28. The Balaban J connectivity index is 3.94. The maximum atomic E-state index is 11.6. The van der Waals surface area contributed by atoms with Crippen molar-refractivity contribution in [3.8, 4) is 0 Å². The number of carbonyl (C=O) groups excluding carboxylic acids is 2. The van der Waals surface area contributed by atoms with E-state index in [0.717, 1.165) is 0 Å². The second-order valence-corrected chi connectivity index (χ2v) is 5.31. The molecule has 0 saturated carbocycles. The molecule has 0 heterocycles. The number of nitrogens with one attached hydrogen (secondary N) is 2. The Morgan fingerprint density at radius 1 is 1.28 bits per heavy atom. The monoisotopic (exact) mass is 276 g/mol. The topological polar surface area (TPSA) is 78.4 Å². The van der Waals surface area contributed by atoms with E-state index in [2.05, 4.69) is 23.3 Å². The number of aliphatic hydroxyl groups excluding tert-OH is 1. The lowest BCUT2D eigenvalue weighted by molar-refractivity contribution is -0.135. The van der Waals surface area contributed by atoms with Crippen molar-refractivity contribution in [1.82, 2.24) is 10.6 Å². The van der Waals surface area contributed by atoms with Gasteiger partial charge in [0, 0.05) is 25.3 Å². The Labute approximate surface area is 114 Å². The number of carbonyl (C=O) groups is 2. The van der Waals surface area contributed by atoms with Crippen LogP contribution in [0.4, 0.5) is 0 Å². The maximum Gasteiger partial charge on any atom is 0.249 e. The van der Waals surface area contributed by atoms with E-state index in [4.69, 9.17) is 0 Å². The van der Waals surface area contributed by atoms with Crippen molar-refractivity contribution in [2.24, 2.45) is 5.41 Å². The van der Waals surface area contributed by atoms with Crippen LogP contribution in [0.15, 0.2) is 0 Å². The molecule has 18 heavy (non-hydrogen) atoms. The molecular formula is C12H24N2O3S. The van der Waals surface area contributed by atoms with Crippen LogP contribution in [0.2, 0.25) is 0 Å². The van der Waals surface area contributed by atoms with Crippen molar-refractivity contribution in [2.75, 3.05) is 18.8 Å². The lowest BCUT2D eigenvalue weighted by atomic mass is 9.83. The summed E-state index contributed by atoms with van der Waals surface area (Å²) in [5.74, 6) is 0.0269. The number of amides is 2. The molecule has 0 aromatic heterocycles. The highest BCUT2D eigenvalue weighted by Gasteiger charge is 2.31. The van der Waals surface area contributed by atoms with Crippen LogP contribution >= 0.6 is 12.6 Å². The van der Waals surface area contributed by atoms with E-state index in [1.165, 1.54) is 0 Å². The standard InChI is InChI=1S/C12H24N2O3S/c1-4-12(2,3)10(16)11(17)14-6-5-9(15)13-7-8-18/h10,16,18H,4-8H2,1-3H3,(H,13,15)(H,14,17). The van der Waals surface area contributed by atoms with Gasteiger partial charge in [-0.05, 0) is 11.8 Å². The van der Waals surface area contributed by atoms with E-state index in [9.17, 15) is 14.7 Å². The SMILES string of the molecule is CCC(C)(C)C(O)C(=O)NCCC(=O)NCCS. The second-order valence-electron chi connectivity index (χ2n) is 4.86. The van der Waals surface area contributed by atoms with E-state index in [-0.39, 0.29) is 18.9 Å². The van der Waals surface area contributed by atoms with E-state index in [1.54, 1.807) is 0 Å². The Hall–Kier alpha value is -0.750. The van der Waals surface area contributed by atoms with Crippen LogP contribution in [0, 0.1) is 5.41 Å². The third-order valence-corrected chi connectivity index (χ3v) is 3.21. The molecule has 0 rings (SSSR count). The first-order valence-electron chi connectivity index (χ1n) is 6.18. The number of aliphatic hydroxyl groups is 1. The average molecular weight is 276 g/mol. The van der Waals surface area contributed by atoms with Crippen LogP contribution in [0.3, 0.4) is 0 Å². The van der Waals surface area contributed by atoms with Gasteiger partial charge in [-0.25, -0.2) is 0 Å². The molecule has 6 heteroatoms. The number of rotatable bonds is 8. The van der Waals surface area contributed by atoms with Gasteiger partial charge >= 0.3 is 0 Å². The van der Waals surface area contributed by atoms with Crippen molar-refractivity contribution >= 4 is 24.4 Å². The van der Waals surface area contributed by atoms with Gasteiger partial charge in [-0.1, -0.05) is 20.8 Å². The Kier molecular flexibility index (Phi) is 8.02. The van der Waals surface area contributed by atoms with Gasteiger partial charge in [0.1, 0.15) is 6.10 Å². The molecular weight excluding hydrogens is 252 g/mol. The predicted molar refractivity (Wildman–Crippen MR) is 74.6 cm³/mol. The predicted octanol–water partition coefficient (Wildman–Crippen LogP) is 0.336. The zero-order chi connectivity index (χ0) is 14.2. The minimum Gasteiger partial charge on any atom is -0.383 e. The van der Waals surface area contributed by atoms with Gasteiger partial charge in [0.2, 0.25) is 11.8 Å². The minimum absolute atomic E-state index is 0.131. The van der Waals surface area contributed by atoms with E-state index in [1.807, 2.05) is 20.8 Å². The quantitative estimate of drug-likeness (QED) is 0.483. The third kappa shape index (κ3) is 6.26. The molecule has 0 aromatic rings. The molecule has 0 saturated heterocycles. The van der Waals surface area contributed by atoms with Gasteiger partial charge in [0.05, 0.1) is 0 Å². The number of hydrogen-bond acceptors (Lipinski definition) is 4. The summed E-state index contributed by atoms with van der Waals surface area (Å²) in [6.07, 6.45) is -0.147. The second kappa shape index (κ2) is 8.37. The van der Waals surface area contributed by atoms with Crippen LogP contribution in [-0.2, 0) is 9.59 Å². The summed E-state index contributed by atoms with van der Waals surface area (Å²) in [5.41, 5.74) is -0.460. The van der Waals surface area contributed by atoms with E-state index >= 15 is 0 Å². The van der Waals surface area contributed by atoms with Crippen molar-refractivity contribution < 1.29 is 14.7 Å². The number of hydrogen-bond donors (Lipinski definition) is 4. The fourth-order valence-corrected chi connectivity index (χ4v) is 1.34. The molecule has 2 amide bonds. The zero-order valence-electron chi connectivity index (χ0n) is 11.3. The molecule has 0 spiro atoms. The van der Waals surface area contributed by atoms with Gasteiger partial charge in [-0.2, -0.15) is 12.6 Å². The van der Waals surface area contributed by atoms with Gasteiger partial charge in [0.25, 0.3) is 0 Å². The molecule has 0 aliphatic heterocycles. The van der Waals surface area contributed by atoms with Gasteiger partial charge in [-0.3, -0.25) is 9.59 Å². The highest BCUT2D eigenvalue weighted by atomic mass is 32.1. The summed E-state index contributed by atoms with van der Waals surface area (Å²) in [6, 6.07) is 0. The summed E-state index contributed by atoms with van der Waals surface area (Å²) in [7, 11) is 0. The fraction of sp³-hybridized carbons (Fsp3) is 0.833. The largest absolute Gasteiger partial charge is 0.383 e. The molecule has 0 bridgehead atoms. The first-order valence-corrected chi connectivity index (χ1v) is 6.81. The first-order chi connectivity index (χ1) is 8.35. The molecule has 0 aliphatic rings. The van der Waals surface area contributed by atoms with Gasteiger partial charge in [-0.15, -0.1) is 0 Å². The van der Waals surface area contributed by atoms with Crippen molar-refractivity contribution in [3.05, 3.63) is 0 Å². The summed E-state index contributed by atoms with van der Waals surface area (Å²) in [4.78, 5) is 22.9. The molecule has 0 fully saturated rings. The molecule has 1 unspecified atom stereocenters. The Morgan fingerprint density at radius 3 is 2.39 bits per heavy atom. The summed E-state index contributed by atoms with van der Waals surface area (Å²) < 4.78 is 0. The van der Waals surface area contributed by atoms with Crippen molar-refractivity contribution in [1.29, 1.82) is 0 Å². The Morgan fingerprint density at radius 2 is 1.89 bits per heavy atom. The highest BCUT2D eigenvalue weighted by Crippen LogP contribution is 2.24. The Bertz CT molecular complexity index is 282. The van der Waals surface area contributed by atoms with Crippen LogP contribution in [0.25, 0.3) is 0 Å². The normalized spacial score (nSPS) is 12.9. The third-order valence-electron chi connectivity index (χ3n) is 2.99. The number of thiol groups is 1. The summed E-state index contributed by atoms with van der Waals surface area (Å²) in [6.45, 7) is 6.32.